The zero-order valence-electron chi connectivity index (χ0n) is 20.7. The lowest BCUT2D eigenvalue weighted by Crippen LogP contribution is -2.62. The van der Waals surface area contributed by atoms with Gasteiger partial charge in [-0.05, 0) is 80.0 Å². The summed E-state index contributed by atoms with van der Waals surface area (Å²) < 4.78 is 5.83. The van der Waals surface area contributed by atoms with Crippen molar-refractivity contribution in [3.63, 3.8) is 0 Å². The molecule has 7 nitrogen and oxygen atoms in total. The van der Waals surface area contributed by atoms with Crippen LogP contribution < -0.4 is 15.4 Å². The molecule has 0 bridgehead atoms. The molecule has 2 aromatic rings. The number of rotatable bonds is 6. The standard InChI is InChI=1S/C28H32N2O5/c1-5-6-11-29-21(31)19-8-7-18-13-20(10-9-17(18)12-19)35-24(34)25(2)14-26(3)16-27(4)22(32)30-23(33)28(26,27)15-25/h7-10,12-13H,5-6,11,14-16H2,1-4H3,(H,29,31)(H,30,32,33)/t25-,26-,27-,28?/m1/s1. The van der Waals surface area contributed by atoms with Gasteiger partial charge in [-0.15, -0.1) is 0 Å². The van der Waals surface area contributed by atoms with Gasteiger partial charge in [0.2, 0.25) is 11.8 Å². The number of unbranched alkanes of at least 4 members (excludes halogenated alkanes) is 1. The van der Waals surface area contributed by atoms with Gasteiger partial charge in [-0.2, -0.15) is 0 Å². The summed E-state index contributed by atoms with van der Waals surface area (Å²) in [5, 5.41) is 7.17. The zero-order chi connectivity index (χ0) is 25.2. The summed E-state index contributed by atoms with van der Waals surface area (Å²) in [6, 6.07) is 10.8. The van der Waals surface area contributed by atoms with E-state index < -0.39 is 21.7 Å². The molecular formula is C28H32N2O5. The van der Waals surface area contributed by atoms with Gasteiger partial charge in [0.05, 0.1) is 16.2 Å². The van der Waals surface area contributed by atoms with Gasteiger partial charge in [-0.25, -0.2) is 0 Å². The van der Waals surface area contributed by atoms with Crippen molar-refractivity contribution in [3.8, 4) is 5.75 Å². The minimum Gasteiger partial charge on any atom is -0.426 e. The first kappa shape index (κ1) is 23.5. The van der Waals surface area contributed by atoms with E-state index in [9.17, 15) is 19.2 Å². The number of benzene rings is 2. The molecule has 1 unspecified atom stereocenters. The highest BCUT2D eigenvalue weighted by molar-refractivity contribution is 6.12. The van der Waals surface area contributed by atoms with E-state index in [-0.39, 0.29) is 23.7 Å². The van der Waals surface area contributed by atoms with E-state index in [2.05, 4.69) is 17.6 Å². The van der Waals surface area contributed by atoms with Gasteiger partial charge in [0.15, 0.2) is 0 Å². The normalized spacial score (nSPS) is 33.0. The Morgan fingerprint density at radius 1 is 0.971 bits per heavy atom. The Kier molecular flexibility index (Phi) is 5.13. The molecule has 3 aliphatic rings. The maximum atomic E-state index is 13.4. The van der Waals surface area contributed by atoms with Gasteiger partial charge in [0, 0.05) is 12.1 Å². The Balaban J connectivity index is 1.34. The van der Waals surface area contributed by atoms with E-state index in [1.165, 1.54) is 0 Å². The van der Waals surface area contributed by atoms with Crippen molar-refractivity contribution in [2.45, 2.75) is 59.8 Å². The highest BCUT2D eigenvalue weighted by Gasteiger charge is 2.84. The molecule has 2 aromatic carbocycles. The van der Waals surface area contributed by atoms with E-state index in [0.29, 0.717) is 37.1 Å². The lowest BCUT2D eigenvalue weighted by molar-refractivity contribution is -0.179. The molecule has 2 aliphatic carbocycles. The fourth-order valence-electron chi connectivity index (χ4n) is 7.28. The second-order valence-corrected chi connectivity index (χ2v) is 11.4. The number of imide groups is 1. The Bertz CT molecular complexity index is 1290. The number of esters is 1. The number of hydrogen-bond acceptors (Lipinski definition) is 5. The lowest BCUT2D eigenvalue weighted by Gasteiger charge is -2.59. The van der Waals surface area contributed by atoms with Crippen LogP contribution in [0.15, 0.2) is 36.4 Å². The number of fused-ring (bicyclic) bond motifs is 1. The number of amides is 3. The van der Waals surface area contributed by atoms with Crippen LogP contribution in [0.1, 0.15) is 70.2 Å². The van der Waals surface area contributed by atoms with Crippen LogP contribution in [0.3, 0.4) is 0 Å². The number of nitrogens with one attached hydrogen (secondary N) is 2. The van der Waals surface area contributed by atoms with Crippen molar-refractivity contribution in [1.82, 2.24) is 10.6 Å². The molecule has 1 saturated heterocycles. The first-order valence-electron chi connectivity index (χ1n) is 12.4. The van der Waals surface area contributed by atoms with Crippen LogP contribution in [0.2, 0.25) is 0 Å². The van der Waals surface area contributed by atoms with Crippen molar-refractivity contribution >= 4 is 34.5 Å². The van der Waals surface area contributed by atoms with E-state index in [4.69, 9.17) is 4.74 Å². The predicted octanol–water partition coefficient (Wildman–Crippen LogP) is 4.13. The molecule has 2 saturated carbocycles. The third kappa shape index (κ3) is 3.16. The second-order valence-electron chi connectivity index (χ2n) is 11.4. The number of ether oxygens (including phenoxy) is 1. The van der Waals surface area contributed by atoms with Gasteiger partial charge in [-0.3, -0.25) is 24.5 Å². The zero-order valence-corrected chi connectivity index (χ0v) is 20.7. The number of carbonyl (C=O) groups is 4. The van der Waals surface area contributed by atoms with Crippen LogP contribution in [0.4, 0.5) is 0 Å². The third-order valence-corrected chi connectivity index (χ3v) is 8.86. The molecule has 1 aliphatic heterocycles. The molecular weight excluding hydrogens is 444 g/mol. The van der Waals surface area contributed by atoms with Crippen molar-refractivity contribution in [2.75, 3.05) is 6.54 Å². The van der Waals surface area contributed by atoms with Crippen LogP contribution in [-0.4, -0.2) is 30.2 Å². The molecule has 7 heteroatoms. The van der Waals surface area contributed by atoms with Gasteiger partial charge in [-0.1, -0.05) is 32.4 Å². The van der Waals surface area contributed by atoms with Crippen LogP contribution in [0.25, 0.3) is 10.8 Å². The first-order valence-corrected chi connectivity index (χ1v) is 12.4. The van der Waals surface area contributed by atoms with Crippen molar-refractivity contribution in [2.24, 2.45) is 21.7 Å². The molecule has 3 amide bonds. The van der Waals surface area contributed by atoms with Gasteiger partial charge in [0.1, 0.15) is 5.75 Å². The van der Waals surface area contributed by atoms with E-state index in [0.717, 1.165) is 23.6 Å². The molecule has 1 heterocycles. The quantitative estimate of drug-likeness (QED) is 0.282. The summed E-state index contributed by atoms with van der Waals surface area (Å²) in [5.41, 5.74) is -2.32. The monoisotopic (exact) mass is 476 g/mol. The topological polar surface area (TPSA) is 102 Å². The van der Waals surface area contributed by atoms with Crippen molar-refractivity contribution in [1.29, 1.82) is 0 Å². The smallest absolute Gasteiger partial charge is 0.317 e. The summed E-state index contributed by atoms with van der Waals surface area (Å²) in [6.07, 6.45) is 3.34. The first-order chi connectivity index (χ1) is 16.5. The lowest BCUT2D eigenvalue weighted by atomic mass is 9.39. The summed E-state index contributed by atoms with van der Waals surface area (Å²) in [7, 11) is 0. The Hall–Kier alpha value is -3.22. The molecule has 3 fully saturated rings. The molecule has 5 rings (SSSR count). The fourth-order valence-corrected chi connectivity index (χ4v) is 7.28. The Morgan fingerprint density at radius 3 is 2.40 bits per heavy atom. The average molecular weight is 477 g/mol. The maximum Gasteiger partial charge on any atom is 0.317 e. The largest absolute Gasteiger partial charge is 0.426 e. The SMILES string of the molecule is CCCCNC(=O)c1ccc2cc(OC(=O)[C@@]3(C)CC45C(=O)NC(=O)[C@@]4(C)C[C@@]5(C)C3)ccc2c1. The summed E-state index contributed by atoms with van der Waals surface area (Å²) >= 11 is 0. The minimum absolute atomic E-state index is 0.103. The van der Waals surface area contributed by atoms with Crippen LogP contribution in [0.5, 0.6) is 5.75 Å². The third-order valence-electron chi connectivity index (χ3n) is 8.86. The van der Waals surface area contributed by atoms with E-state index >= 15 is 0 Å². The number of carbonyl (C=O) groups excluding carboxylic acids is 4. The molecule has 35 heavy (non-hydrogen) atoms. The molecule has 184 valence electrons. The van der Waals surface area contributed by atoms with Gasteiger partial charge >= 0.3 is 5.97 Å². The summed E-state index contributed by atoms with van der Waals surface area (Å²) in [5.74, 6) is -0.557. The highest BCUT2D eigenvalue weighted by atomic mass is 16.5. The summed E-state index contributed by atoms with van der Waals surface area (Å²) in [4.78, 5) is 51.2. The fraction of sp³-hybridized carbons (Fsp3) is 0.500. The molecule has 2 N–H and O–H groups in total. The predicted molar refractivity (Wildman–Crippen MR) is 131 cm³/mol. The number of hydrogen-bond donors (Lipinski definition) is 2. The molecule has 0 radical (unpaired) electrons. The van der Waals surface area contributed by atoms with E-state index in [1.54, 1.807) is 18.2 Å². The van der Waals surface area contributed by atoms with Gasteiger partial charge < -0.3 is 10.1 Å². The Morgan fingerprint density at radius 2 is 1.69 bits per heavy atom. The van der Waals surface area contributed by atoms with Crippen LogP contribution in [0, 0.1) is 21.7 Å². The Labute approximate surface area is 205 Å². The van der Waals surface area contributed by atoms with Crippen molar-refractivity contribution in [3.05, 3.63) is 42.0 Å². The molecule has 1 spiro atoms. The van der Waals surface area contributed by atoms with Crippen molar-refractivity contribution < 1.29 is 23.9 Å². The van der Waals surface area contributed by atoms with Crippen LogP contribution in [-0.2, 0) is 14.4 Å². The second kappa shape index (κ2) is 7.64. The highest BCUT2D eigenvalue weighted by Crippen LogP contribution is 2.80. The van der Waals surface area contributed by atoms with E-state index in [1.807, 2.05) is 39.0 Å². The summed E-state index contributed by atoms with van der Waals surface area (Å²) in [6.45, 7) is 8.42. The van der Waals surface area contributed by atoms with Crippen LogP contribution >= 0.6 is 0 Å². The minimum atomic E-state index is -0.871. The average Bonchev–Trinajstić information content (AvgIpc) is 3.10. The molecule has 0 aromatic heterocycles. The molecule has 4 atom stereocenters. The maximum absolute atomic E-state index is 13.4. The van der Waals surface area contributed by atoms with Gasteiger partial charge in [0.25, 0.3) is 5.91 Å².